The molecule has 0 saturated carbocycles. The van der Waals surface area contributed by atoms with E-state index in [9.17, 15) is 43.5 Å². The van der Waals surface area contributed by atoms with Crippen LogP contribution in [0.25, 0.3) is 11.1 Å². The van der Waals surface area contributed by atoms with E-state index in [0.717, 1.165) is 21.6 Å². The van der Waals surface area contributed by atoms with E-state index in [4.69, 9.17) is 37.9 Å². The number of rotatable bonds is 40. The van der Waals surface area contributed by atoms with Gasteiger partial charge in [-0.3, -0.25) is 38.2 Å². The van der Waals surface area contributed by atoms with Gasteiger partial charge in [-0.25, -0.2) is 18.4 Å². The van der Waals surface area contributed by atoms with Gasteiger partial charge in [-0.1, -0.05) is 24.3 Å². The maximum Gasteiger partial charge on any atom is 0.330 e. The average Bonchev–Trinajstić information content (AvgIpc) is 3.71. The van der Waals surface area contributed by atoms with Gasteiger partial charge in [-0.15, -0.1) is 0 Å². The predicted molar refractivity (Wildman–Crippen MR) is 265 cm³/mol. The average molecular weight is 1060 g/mol. The minimum atomic E-state index is -1.56. The van der Waals surface area contributed by atoms with Crippen LogP contribution in [0, 0.1) is 18.6 Å². The number of imide groups is 1. The van der Waals surface area contributed by atoms with Crippen molar-refractivity contribution in [1.29, 1.82) is 0 Å². The van der Waals surface area contributed by atoms with Crippen molar-refractivity contribution >= 4 is 35.3 Å². The molecule has 4 rings (SSSR count). The number of halogens is 2. The highest BCUT2D eigenvalue weighted by Crippen LogP contribution is 2.21. The highest BCUT2D eigenvalue weighted by Gasteiger charge is 2.27. The van der Waals surface area contributed by atoms with Crippen molar-refractivity contribution in [3.8, 4) is 11.1 Å². The van der Waals surface area contributed by atoms with E-state index in [1.54, 1.807) is 31.2 Å². The minimum absolute atomic E-state index is 0.00329. The molecule has 21 nitrogen and oxygen atoms in total. The van der Waals surface area contributed by atoms with Gasteiger partial charge < -0.3 is 52.9 Å². The Morgan fingerprint density at radius 1 is 0.587 bits per heavy atom. The first-order chi connectivity index (χ1) is 36.1. The van der Waals surface area contributed by atoms with E-state index in [2.05, 4.69) is 5.32 Å². The van der Waals surface area contributed by atoms with Gasteiger partial charge in [-0.05, 0) is 48.6 Å². The number of nitrogens with zero attached hydrogens (tertiary/aromatic N) is 3. The number of carboxylic acids is 1. The molecule has 75 heavy (non-hydrogen) atoms. The van der Waals surface area contributed by atoms with Gasteiger partial charge in [-0.2, -0.15) is 0 Å². The molecule has 412 valence electrons. The molecule has 0 spiro atoms. The van der Waals surface area contributed by atoms with Gasteiger partial charge in [0.1, 0.15) is 34.8 Å². The monoisotopic (exact) mass is 1060 g/mol. The van der Waals surface area contributed by atoms with Crippen molar-refractivity contribution in [3.63, 3.8) is 0 Å². The maximum atomic E-state index is 15.1. The normalized spacial score (nSPS) is 12.7. The standard InChI is InChI=1S/C52H68F2N4O17/c1-36-47(50(64)57(3)52(67)56(36)2)39-9-6-37(7-10-39)35-44(51(65)66)55-49(63)48-42(53)33-38(34-43(48)54)8-11-41(60)15-18-69-20-22-71-24-26-73-28-30-75-32-31-74-29-27-72-25-23-70-21-19-68-17-4-5-40(59)14-16-58-45(61)12-13-46(58)62/h6-7,9-10,12-13,33-34,44H,4-5,8,11,14-32,35H2,1-3H3,(H,55,63)(H,65,66)/t44-/m0/s1. The summed E-state index contributed by atoms with van der Waals surface area (Å²) in [4.78, 5) is 98.6. The first kappa shape index (κ1) is 61.4. The lowest BCUT2D eigenvalue weighted by Crippen LogP contribution is -2.43. The number of carbonyl (C=O) groups excluding carboxylic acids is 5. The van der Waals surface area contributed by atoms with Crippen molar-refractivity contribution in [2.75, 3.05) is 112 Å². The van der Waals surface area contributed by atoms with E-state index in [1.807, 2.05) is 0 Å². The first-order valence-electron chi connectivity index (χ1n) is 24.6. The number of aromatic nitrogens is 2. The number of Topliss-reactive ketones (excluding diaryl/α,β-unsaturated/α-hetero) is 2. The number of carboxylic acid groups (broad SMARTS) is 1. The second-order valence-electron chi connectivity index (χ2n) is 17.1. The van der Waals surface area contributed by atoms with Crippen molar-refractivity contribution < 1.29 is 80.5 Å². The SMILES string of the molecule is Cc1c(-c2ccc(C[C@H](NC(=O)c3c(F)cc(CCC(=O)CCOCCOCCOCCOCCOCCOCCOCCOCCCC(=O)CCN4C(=O)C=CC4=O)cc3F)C(=O)O)cc2)c(=O)n(C)c(=O)n1C. The van der Waals surface area contributed by atoms with Crippen LogP contribution in [0.2, 0.25) is 0 Å². The molecule has 0 saturated heterocycles. The molecule has 2 heterocycles. The molecule has 0 bridgehead atoms. The Bertz CT molecular complexity index is 2470. The Labute approximate surface area is 432 Å². The van der Waals surface area contributed by atoms with Gasteiger partial charge in [0.15, 0.2) is 0 Å². The second-order valence-corrected chi connectivity index (χ2v) is 17.1. The van der Waals surface area contributed by atoms with Crippen LogP contribution >= 0.6 is 0 Å². The van der Waals surface area contributed by atoms with Gasteiger partial charge >= 0.3 is 11.7 Å². The number of nitrogens with one attached hydrogen (secondary N) is 1. The minimum Gasteiger partial charge on any atom is -0.480 e. The number of aryl methyl sites for hydroxylation is 1. The molecule has 3 aromatic rings. The number of ketones is 2. The molecule has 0 unspecified atom stereocenters. The number of hydrogen-bond acceptors (Lipinski definition) is 16. The third-order valence-corrected chi connectivity index (χ3v) is 11.7. The van der Waals surface area contributed by atoms with E-state index in [0.29, 0.717) is 116 Å². The largest absolute Gasteiger partial charge is 0.480 e. The zero-order chi connectivity index (χ0) is 54.5. The Morgan fingerprint density at radius 3 is 1.52 bits per heavy atom. The van der Waals surface area contributed by atoms with Crippen LogP contribution in [-0.4, -0.2) is 173 Å². The highest BCUT2D eigenvalue weighted by molar-refractivity contribution is 6.13. The number of aliphatic carboxylic acids is 1. The van der Waals surface area contributed by atoms with Crippen LogP contribution in [0.1, 0.15) is 59.3 Å². The second kappa shape index (κ2) is 33.7. The van der Waals surface area contributed by atoms with Crippen LogP contribution in [0.3, 0.4) is 0 Å². The highest BCUT2D eigenvalue weighted by atomic mass is 19.1. The number of carbonyl (C=O) groups is 6. The third kappa shape index (κ3) is 21.5. The molecule has 1 aromatic heterocycles. The smallest absolute Gasteiger partial charge is 0.330 e. The molecule has 0 radical (unpaired) electrons. The first-order valence-corrected chi connectivity index (χ1v) is 24.6. The van der Waals surface area contributed by atoms with Gasteiger partial charge in [0.05, 0.1) is 105 Å². The lowest BCUT2D eigenvalue weighted by Gasteiger charge is -2.16. The van der Waals surface area contributed by atoms with Gasteiger partial charge in [0.25, 0.3) is 23.3 Å². The zero-order valence-corrected chi connectivity index (χ0v) is 42.7. The summed E-state index contributed by atoms with van der Waals surface area (Å²) in [7, 11) is 2.90. The Kier molecular flexibility index (Phi) is 27.6. The van der Waals surface area contributed by atoms with Crippen LogP contribution in [0.5, 0.6) is 0 Å². The van der Waals surface area contributed by atoms with Crippen LogP contribution in [0.4, 0.5) is 8.78 Å². The molecule has 23 heteroatoms. The summed E-state index contributed by atoms with van der Waals surface area (Å²) in [5, 5.41) is 12.0. The molecule has 0 aliphatic carbocycles. The molecule has 3 amide bonds. The number of benzene rings is 2. The fourth-order valence-electron chi connectivity index (χ4n) is 7.36. The fourth-order valence-corrected chi connectivity index (χ4v) is 7.36. The lowest BCUT2D eigenvalue weighted by atomic mass is 9.99. The zero-order valence-electron chi connectivity index (χ0n) is 42.7. The summed E-state index contributed by atoms with van der Waals surface area (Å²) in [5.74, 6) is -6.16. The van der Waals surface area contributed by atoms with Gasteiger partial charge in [0, 0.05) is 77.2 Å². The van der Waals surface area contributed by atoms with E-state index in [1.165, 1.54) is 30.8 Å². The summed E-state index contributed by atoms with van der Waals surface area (Å²) in [6.45, 7) is 7.42. The Hall–Kier alpha value is -6.18. The molecule has 2 N–H and O–H groups in total. The molecule has 1 aliphatic heterocycles. The van der Waals surface area contributed by atoms with Crippen molar-refractivity contribution in [1.82, 2.24) is 19.4 Å². The molecule has 1 aliphatic rings. The molecular formula is C52H68F2N4O17. The van der Waals surface area contributed by atoms with Crippen molar-refractivity contribution in [3.05, 3.63) is 103 Å². The van der Waals surface area contributed by atoms with Crippen LogP contribution in [-0.2, 0) is 88.8 Å². The lowest BCUT2D eigenvalue weighted by molar-refractivity contribution is -0.139. The third-order valence-electron chi connectivity index (χ3n) is 11.7. The summed E-state index contributed by atoms with van der Waals surface area (Å²) in [6.07, 6.45) is 3.18. The van der Waals surface area contributed by atoms with Gasteiger partial charge in [0.2, 0.25) is 0 Å². The Balaban J connectivity index is 0.925. The summed E-state index contributed by atoms with van der Waals surface area (Å²) in [5.41, 5.74) is -0.165. The molecule has 1 atom stereocenters. The fraction of sp³-hybridized carbons (Fsp3) is 0.538. The van der Waals surface area contributed by atoms with E-state index >= 15 is 8.78 Å². The molecule has 0 fully saturated rings. The molecule has 2 aromatic carbocycles. The number of ether oxygens (including phenoxy) is 8. The van der Waals surface area contributed by atoms with Crippen molar-refractivity contribution in [2.24, 2.45) is 14.1 Å². The van der Waals surface area contributed by atoms with Crippen molar-refractivity contribution in [2.45, 2.75) is 57.9 Å². The molecular weight excluding hydrogens is 991 g/mol. The summed E-state index contributed by atoms with van der Waals surface area (Å²) in [6, 6.07) is 6.56. The number of hydrogen-bond donors (Lipinski definition) is 2. The van der Waals surface area contributed by atoms with E-state index in [-0.39, 0.29) is 81.2 Å². The summed E-state index contributed by atoms with van der Waals surface area (Å²) >= 11 is 0. The topological polar surface area (TPSA) is 256 Å². The van der Waals surface area contributed by atoms with Crippen LogP contribution < -0.4 is 16.6 Å². The maximum absolute atomic E-state index is 15.1. The predicted octanol–water partition coefficient (Wildman–Crippen LogP) is 2.45. The van der Waals surface area contributed by atoms with E-state index < -0.39 is 58.2 Å². The number of amides is 3. The van der Waals surface area contributed by atoms with Crippen LogP contribution in [0.15, 0.2) is 58.1 Å². The Morgan fingerprint density at radius 2 is 1.04 bits per heavy atom. The quantitative estimate of drug-likeness (QED) is 0.0613. The summed E-state index contributed by atoms with van der Waals surface area (Å²) < 4.78 is 76.2.